The Labute approximate surface area is 98.0 Å². The molecule has 1 heterocycles. The Balaban J connectivity index is 1.66. The average molecular weight is 215 g/mol. The minimum atomic E-state index is 0.899. The van der Waals surface area contributed by atoms with Crippen LogP contribution in [0.5, 0.6) is 0 Å². The minimum Gasteiger partial charge on any atom is -0.365 e. The van der Waals surface area contributed by atoms with Crippen molar-refractivity contribution in [1.29, 1.82) is 0 Å². The summed E-state index contributed by atoms with van der Waals surface area (Å²) in [6.07, 6.45) is 13.2. The van der Waals surface area contributed by atoms with Crippen molar-refractivity contribution < 1.29 is 0 Å². The second-order valence-corrected chi connectivity index (χ2v) is 5.42. The van der Waals surface area contributed by atoms with E-state index < -0.39 is 0 Å². The van der Waals surface area contributed by atoms with Gasteiger partial charge in [0.25, 0.3) is 0 Å². The van der Waals surface area contributed by atoms with E-state index in [2.05, 4.69) is 17.1 Å². The van der Waals surface area contributed by atoms with Crippen molar-refractivity contribution in [3.05, 3.63) is 35.2 Å². The largest absolute Gasteiger partial charge is 0.365 e. The van der Waals surface area contributed by atoms with E-state index in [-0.39, 0.29) is 0 Å². The third-order valence-electron chi connectivity index (χ3n) is 4.27. The van der Waals surface area contributed by atoms with Crippen LogP contribution in [0.2, 0.25) is 0 Å². The maximum absolute atomic E-state index is 3.34. The van der Waals surface area contributed by atoms with Crippen LogP contribution in [0.25, 0.3) is 0 Å². The summed E-state index contributed by atoms with van der Waals surface area (Å²) in [6, 6.07) is 4.34. The van der Waals surface area contributed by atoms with E-state index in [9.17, 15) is 0 Å². The van der Waals surface area contributed by atoms with Crippen molar-refractivity contribution in [3.8, 4) is 0 Å². The molecule has 0 amide bonds. The number of nitrogens with one attached hydrogen (secondary N) is 1. The van der Waals surface area contributed by atoms with E-state index in [1.165, 1.54) is 57.1 Å². The molecule has 0 aromatic carbocycles. The van der Waals surface area contributed by atoms with Gasteiger partial charge in [0.2, 0.25) is 0 Å². The molecule has 1 unspecified atom stereocenters. The molecule has 2 aliphatic rings. The van der Waals surface area contributed by atoms with Crippen molar-refractivity contribution in [1.82, 2.24) is 4.98 Å². The van der Waals surface area contributed by atoms with E-state index in [4.69, 9.17) is 0 Å². The number of rotatable bonds is 2. The summed E-state index contributed by atoms with van der Waals surface area (Å²) in [5.74, 6) is 0.899. The number of allylic oxidation sites excluding steroid dienone is 2. The van der Waals surface area contributed by atoms with E-state index in [0.29, 0.717) is 0 Å². The molecule has 16 heavy (non-hydrogen) atoms. The molecule has 2 aliphatic carbocycles. The van der Waals surface area contributed by atoms with Gasteiger partial charge >= 0.3 is 0 Å². The molecule has 0 aliphatic heterocycles. The monoisotopic (exact) mass is 215 g/mol. The Hall–Kier alpha value is -0.980. The van der Waals surface area contributed by atoms with Crippen molar-refractivity contribution in [2.75, 3.05) is 0 Å². The third-order valence-corrected chi connectivity index (χ3v) is 4.27. The molecule has 0 saturated carbocycles. The van der Waals surface area contributed by atoms with Crippen LogP contribution in [0.15, 0.2) is 29.5 Å². The van der Waals surface area contributed by atoms with Crippen molar-refractivity contribution in [3.63, 3.8) is 0 Å². The van der Waals surface area contributed by atoms with Gasteiger partial charge in [-0.1, -0.05) is 11.1 Å². The number of aromatic amines is 1. The maximum Gasteiger partial charge on any atom is 0.0150 e. The highest BCUT2D eigenvalue weighted by Crippen LogP contribution is 2.38. The predicted octanol–water partition coefficient (Wildman–Crippen LogP) is 4.23. The lowest BCUT2D eigenvalue weighted by molar-refractivity contribution is 0.418. The highest BCUT2D eigenvalue weighted by molar-refractivity contribution is 5.21. The minimum absolute atomic E-state index is 0.899. The Morgan fingerprint density at radius 1 is 1.12 bits per heavy atom. The smallest absolute Gasteiger partial charge is 0.0150 e. The molecule has 0 radical (unpaired) electrons. The second-order valence-electron chi connectivity index (χ2n) is 5.42. The molecule has 1 atom stereocenters. The number of hydrogen-bond acceptors (Lipinski definition) is 0. The van der Waals surface area contributed by atoms with Crippen molar-refractivity contribution in [2.45, 2.75) is 51.4 Å². The molecule has 1 N–H and O–H groups in total. The molecule has 0 fully saturated rings. The van der Waals surface area contributed by atoms with E-state index in [1.54, 1.807) is 0 Å². The van der Waals surface area contributed by atoms with Gasteiger partial charge < -0.3 is 4.98 Å². The molecule has 1 nitrogen and oxygen atoms in total. The molecule has 1 heteroatoms. The Morgan fingerprint density at radius 3 is 2.81 bits per heavy atom. The molecule has 1 aromatic heterocycles. The van der Waals surface area contributed by atoms with E-state index in [1.807, 2.05) is 17.3 Å². The molecule has 3 rings (SSSR count). The van der Waals surface area contributed by atoms with Gasteiger partial charge in [0.1, 0.15) is 0 Å². The summed E-state index contributed by atoms with van der Waals surface area (Å²) in [4.78, 5) is 3.34. The molecule has 0 spiro atoms. The van der Waals surface area contributed by atoms with Gasteiger partial charge in [0.05, 0.1) is 0 Å². The summed E-state index contributed by atoms with van der Waals surface area (Å²) in [6.45, 7) is 0. The highest BCUT2D eigenvalue weighted by atomic mass is 14.7. The zero-order valence-corrected chi connectivity index (χ0v) is 9.97. The van der Waals surface area contributed by atoms with Crippen LogP contribution in [0.1, 0.15) is 50.6 Å². The van der Waals surface area contributed by atoms with Gasteiger partial charge in [-0.2, -0.15) is 0 Å². The van der Waals surface area contributed by atoms with Crippen LogP contribution >= 0.6 is 0 Å². The lowest BCUT2D eigenvalue weighted by Gasteiger charge is -2.30. The number of hydrogen-bond donors (Lipinski definition) is 1. The molecule has 0 bridgehead atoms. The summed E-state index contributed by atoms with van der Waals surface area (Å²) < 4.78 is 0. The molecular weight excluding hydrogens is 194 g/mol. The van der Waals surface area contributed by atoms with E-state index in [0.717, 1.165) is 5.92 Å². The van der Waals surface area contributed by atoms with Crippen molar-refractivity contribution in [2.24, 2.45) is 5.92 Å². The van der Waals surface area contributed by atoms with Crippen LogP contribution in [0, 0.1) is 5.92 Å². The van der Waals surface area contributed by atoms with Crippen LogP contribution in [-0.4, -0.2) is 4.98 Å². The van der Waals surface area contributed by atoms with Crippen molar-refractivity contribution >= 4 is 0 Å². The summed E-state index contributed by atoms with van der Waals surface area (Å²) in [7, 11) is 0. The number of aromatic nitrogens is 1. The zero-order chi connectivity index (χ0) is 10.8. The van der Waals surface area contributed by atoms with Gasteiger partial charge in [-0.25, -0.2) is 0 Å². The van der Waals surface area contributed by atoms with Gasteiger partial charge in [0.15, 0.2) is 0 Å². The normalized spacial score (nSPS) is 25.6. The number of H-pyrrole nitrogens is 1. The quantitative estimate of drug-likeness (QED) is 0.711. The first kappa shape index (κ1) is 10.2. The van der Waals surface area contributed by atoms with Gasteiger partial charge in [-0.15, -0.1) is 0 Å². The topological polar surface area (TPSA) is 15.8 Å². The zero-order valence-electron chi connectivity index (χ0n) is 9.97. The first-order valence-electron chi connectivity index (χ1n) is 6.74. The molecule has 86 valence electrons. The van der Waals surface area contributed by atoms with Crippen LogP contribution in [0.3, 0.4) is 0 Å². The molecular formula is C15H21N. The average Bonchev–Trinajstić information content (AvgIpc) is 2.82. The summed E-state index contributed by atoms with van der Waals surface area (Å²) in [5.41, 5.74) is 5.08. The van der Waals surface area contributed by atoms with E-state index >= 15 is 0 Å². The summed E-state index contributed by atoms with van der Waals surface area (Å²) in [5, 5.41) is 0. The standard InChI is InChI=1S/C15H21N/c1-2-5-14-10-12(7-8-13(14)4-1)11-15-6-3-9-16-15/h3,6,9,12,16H,1-2,4-5,7-8,10-11H2. The third kappa shape index (κ3) is 2.09. The highest BCUT2D eigenvalue weighted by Gasteiger charge is 2.22. The van der Waals surface area contributed by atoms with Crippen LogP contribution in [-0.2, 0) is 6.42 Å². The van der Waals surface area contributed by atoms with Gasteiger partial charge in [-0.3, -0.25) is 0 Å². The SMILES string of the molecule is c1c[nH]c(CC2CCC3=C(CCCC3)C2)c1. The Morgan fingerprint density at radius 2 is 2.00 bits per heavy atom. The lowest BCUT2D eigenvalue weighted by Crippen LogP contribution is -2.15. The first-order valence-corrected chi connectivity index (χ1v) is 6.74. The molecule has 1 aromatic rings. The predicted molar refractivity (Wildman–Crippen MR) is 67.3 cm³/mol. The maximum atomic E-state index is 3.34. The van der Waals surface area contributed by atoms with Gasteiger partial charge in [0, 0.05) is 11.9 Å². The van der Waals surface area contributed by atoms with Gasteiger partial charge in [-0.05, 0) is 69.4 Å². The van der Waals surface area contributed by atoms with Crippen LogP contribution in [0.4, 0.5) is 0 Å². The fourth-order valence-electron chi connectivity index (χ4n) is 3.39. The fourth-order valence-corrected chi connectivity index (χ4v) is 3.39. The fraction of sp³-hybridized carbons (Fsp3) is 0.600. The Bertz CT molecular complexity index is 372. The van der Waals surface area contributed by atoms with Crippen LogP contribution < -0.4 is 0 Å². The second kappa shape index (κ2) is 4.48. The summed E-state index contributed by atoms with van der Waals surface area (Å²) >= 11 is 0. The Kier molecular flexibility index (Phi) is 2.86. The first-order chi connectivity index (χ1) is 7.92. The lowest BCUT2D eigenvalue weighted by atomic mass is 9.76. The molecule has 0 saturated heterocycles.